The zero-order chi connectivity index (χ0) is 17.5. The molecular weight excluding hydrogens is 270 g/mol. The molecule has 0 aromatic carbocycles. The molecule has 0 aliphatic carbocycles. The molecule has 0 N–H and O–H groups in total. The van der Waals surface area contributed by atoms with Gasteiger partial charge in [-0.1, -0.05) is 0 Å². The average molecular weight is 308 g/mol. The van der Waals surface area contributed by atoms with Crippen LogP contribution in [0, 0.1) is 0 Å². The first kappa shape index (κ1) is 17.8. The van der Waals surface area contributed by atoms with Gasteiger partial charge in [0.05, 0.1) is 22.5 Å². The van der Waals surface area contributed by atoms with Crippen LogP contribution in [0.3, 0.4) is 0 Å². The van der Waals surface area contributed by atoms with Gasteiger partial charge < -0.3 is 4.90 Å². The Morgan fingerprint density at radius 3 is 1.64 bits per heavy atom. The first-order chi connectivity index (χ1) is 9.57. The van der Waals surface area contributed by atoms with Gasteiger partial charge in [0, 0.05) is 17.1 Å². The predicted octanol–water partition coefficient (Wildman–Crippen LogP) is 4.32. The normalized spacial score (nSPS) is 35.5. The minimum absolute atomic E-state index is 0.00287. The lowest BCUT2D eigenvalue weighted by Crippen LogP contribution is -2.87. The maximum absolute atomic E-state index is 5.10. The summed E-state index contributed by atoms with van der Waals surface area (Å²) in [6.07, 6.45) is 0. The third-order valence-corrected chi connectivity index (χ3v) is 7.37. The van der Waals surface area contributed by atoms with Crippen molar-refractivity contribution in [1.29, 1.82) is 0 Å². The Balaban J connectivity index is 2.82. The van der Waals surface area contributed by atoms with Crippen LogP contribution in [-0.4, -0.2) is 49.4 Å². The summed E-state index contributed by atoms with van der Waals surface area (Å²) in [5.74, 6) is 1.18. The fourth-order valence-electron chi connectivity index (χ4n) is 5.94. The van der Waals surface area contributed by atoms with Crippen LogP contribution < -0.4 is 0 Å². The molecule has 0 amide bonds. The van der Waals surface area contributed by atoms with E-state index >= 15 is 0 Å². The Morgan fingerprint density at radius 2 is 1.23 bits per heavy atom. The number of rotatable bonds is 1. The fraction of sp³-hybridized carbons (Fsp3) is 0.947. The Kier molecular flexibility index (Phi) is 3.46. The van der Waals surface area contributed by atoms with E-state index in [2.05, 4.69) is 92.9 Å². The van der Waals surface area contributed by atoms with Crippen molar-refractivity contribution in [2.45, 2.75) is 117 Å². The summed E-state index contributed by atoms with van der Waals surface area (Å²) in [6.45, 7) is 28.2. The molecule has 22 heavy (non-hydrogen) atoms. The van der Waals surface area contributed by atoms with Crippen LogP contribution in [0.1, 0.15) is 83.1 Å². The Labute approximate surface area is 138 Å². The number of hydrogen-bond acceptors (Lipinski definition) is 3. The van der Waals surface area contributed by atoms with Gasteiger partial charge in [-0.25, -0.2) is 0 Å². The van der Waals surface area contributed by atoms with Gasteiger partial charge in [0.15, 0.2) is 0 Å². The summed E-state index contributed by atoms with van der Waals surface area (Å²) in [6, 6.07) is 0.486. The average Bonchev–Trinajstić information content (AvgIpc) is 2.42. The number of piperazine rings is 1. The fourth-order valence-corrected chi connectivity index (χ4v) is 5.94. The number of aliphatic imine (C=N–C) groups is 1. The van der Waals surface area contributed by atoms with Crippen LogP contribution in [0.15, 0.2) is 4.99 Å². The van der Waals surface area contributed by atoms with Crippen LogP contribution >= 0.6 is 0 Å². The molecule has 1 fully saturated rings. The first-order valence-corrected chi connectivity index (χ1v) is 8.73. The third-order valence-electron chi connectivity index (χ3n) is 7.37. The highest BCUT2D eigenvalue weighted by atomic mass is 15.5. The molecule has 2 aliphatic heterocycles. The second kappa shape index (κ2) is 4.28. The lowest BCUT2D eigenvalue weighted by atomic mass is 9.59. The van der Waals surface area contributed by atoms with Crippen molar-refractivity contribution in [3.05, 3.63) is 0 Å². The predicted molar refractivity (Wildman–Crippen MR) is 96.6 cm³/mol. The molecule has 1 unspecified atom stereocenters. The highest BCUT2D eigenvalue weighted by Gasteiger charge is 2.71. The molecule has 128 valence electrons. The Morgan fingerprint density at radius 1 is 0.773 bits per heavy atom. The van der Waals surface area contributed by atoms with E-state index in [0.717, 1.165) is 0 Å². The minimum Gasteiger partial charge on any atom is -0.344 e. The molecule has 0 saturated carbocycles. The number of fused-ring (bicyclic) bond motifs is 1. The van der Waals surface area contributed by atoms with Gasteiger partial charge in [0.1, 0.15) is 0 Å². The Bertz CT molecular complexity index is 511. The quantitative estimate of drug-likeness (QED) is 0.718. The van der Waals surface area contributed by atoms with Gasteiger partial charge in [-0.3, -0.25) is 9.89 Å². The molecule has 3 nitrogen and oxygen atoms in total. The van der Waals surface area contributed by atoms with E-state index in [1.54, 1.807) is 0 Å². The molecule has 0 bridgehead atoms. The van der Waals surface area contributed by atoms with Crippen LogP contribution in [-0.2, 0) is 0 Å². The smallest absolute Gasteiger partial charge is 0.0976 e. The van der Waals surface area contributed by atoms with Gasteiger partial charge >= 0.3 is 0 Å². The summed E-state index contributed by atoms with van der Waals surface area (Å²) in [4.78, 5) is 10.5. The minimum atomic E-state index is -0.110. The molecule has 1 atom stereocenters. The van der Waals surface area contributed by atoms with Gasteiger partial charge in [0.2, 0.25) is 0 Å². The van der Waals surface area contributed by atoms with Gasteiger partial charge in [-0.2, -0.15) is 0 Å². The molecular formula is C19H37N3. The van der Waals surface area contributed by atoms with Crippen LogP contribution in [0.25, 0.3) is 0 Å². The van der Waals surface area contributed by atoms with E-state index < -0.39 is 0 Å². The van der Waals surface area contributed by atoms with Crippen molar-refractivity contribution in [1.82, 2.24) is 9.80 Å². The van der Waals surface area contributed by atoms with Crippen molar-refractivity contribution in [3.63, 3.8) is 0 Å². The SMILES string of the molecule is CC1=NC(C)(C)C2(C)N1C(C)(C)C(C)(C)N(C(C)C)C2(C)C. The molecule has 1 saturated heterocycles. The largest absolute Gasteiger partial charge is 0.344 e. The lowest BCUT2D eigenvalue weighted by Gasteiger charge is -2.74. The van der Waals surface area contributed by atoms with Crippen LogP contribution in [0.5, 0.6) is 0 Å². The molecule has 3 heteroatoms. The van der Waals surface area contributed by atoms with Crippen molar-refractivity contribution in [3.8, 4) is 0 Å². The van der Waals surface area contributed by atoms with E-state index in [0.29, 0.717) is 6.04 Å². The van der Waals surface area contributed by atoms with Crippen molar-refractivity contribution < 1.29 is 0 Å². The number of hydrogen-bond donors (Lipinski definition) is 0. The van der Waals surface area contributed by atoms with E-state index in [-0.39, 0.29) is 27.7 Å². The molecule has 2 heterocycles. The van der Waals surface area contributed by atoms with E-state index in [9.17, 15) is 0 Å². The van der Waals surface area contributed by atoms with Gasteiger partial charge in [-0.15, -0.1) is 0 Å². The number of nitrogens with zero attached hydrogens (tertiary/aromatic N) is 3. The highest BCUT2D eigenvalue weighted by molar-refractivity contribution is 5.85. The maximum Gasteiger partial charge on any atom is 0.0976 e. The second-order valence-electron chi connectivity index (χ2n) is 9.77. The van der Waals surface area contributed by atoms with E-state index in [1.165, 1.54) is 5.84 Å². The maximum atomic E-state index is 5.10. The van der Waals surface area contributed by atoms with Crippen molar-refractivity contribution in [2.75, 3.05) is 0 Å². The first-order valence-electron chi connectivity index (χ1n) is 8.73. The third kappa shape index (κ3) is 1.64. The molecule has 0 spiro atoms. The van der Waals surface area contributed by atoms with Gasteiger partial charge in [0.25, 0.3) is 0 Å². The van der Waals surface area contributed by atoms with Crippen LogP contribution in [0.2, 0.25) is 0 Å². The molecule has 0 aromatic heterocycles. The second-order valence-corrected chi connectivity index (χ2v) is 9.77. The zero-order valence-electron chi connectivity index (χ0n) is 16.9. The van der Waals surface area contributed by atoms with E-state index in [1.807, 2.05) is 0 Å². The molecule has 2 aliphatic rings. The Hall–Kier alpha value is -0.570. The summed E-state index contributed by atoms with van der Waals surface area (Å²) in [7, 11) is 0. The standard InChI is InChI=1S/C19H37N3/c1-13(2)21-16(6,7)17(8,9)22-14(3)20-15(4,5)19(22,12)18(21,10)11/h13H,1-12H3. The summed E-state index contributed by atoms with van der Waals surface area (Å²) >= 11 is 0. The summed E-state index contributed by atoms with van der Waals surface area (Å²) in [5.41, 5.74) is -0.107. The van der Waals surface area contributed by atoms with Crippen molar-refractivity contribution in [2.24, 2.45) is 4.99 Å². The monoisotopic (exact) mass is 307 g/mol. The van der Waals surface area contributed by atoms with Crippen molar-refractivity contribution >= 4 is 5.84 Å². The number of amidine groups is 1. The zero-order valence-corrected chi connectivity index (χ0v) is 16.9. The molecule has 0 aromatic rings. The topological polar surface area (TPSA) is 18.8 Å². The van der Waals surface area contributed by atoms with E-state index in [4.69, 9.17) is 4.99 Å². The molecule has 2 rings (SSSR count). The van der Waals surface area contributed by atoms with Gasteiger partial charge in [-0.05, 0) is 83.1 Å². The molecule has 0 radical (unpaired) electrons. The lowest BCUT2D eigenvalue weighted by molar-refractivity contribution is -0.209. The highest BCUT2D eigenvalue weighted by Crippen LogP contribution is 2.58. The van der Waals surface area contributed by atoms with Crippen LogP contribution in [0.4, 0.5) is 0 Å². The summed E-state index contributed by atoms with van der Waals surface area (Å²) in [5, 5.41) is 0. The summed E-state index contributed by atoms with van der Waals surface area (Å²) < 4.78 is 0.